The molecule has 0 aromatic heterocycles. The van der Waals surface area contributed by atoms with Crippen molar-refractivity contribution in [2.24, 2.45) is 0 Å². The Hall–Kier alpha value is -5.64. The van der Waals surface area contributed by atoms with Crippen LogP contribution in [0.25, 0.3) is 10.8 Å². The molecule has 1 aliphatic rings. The van der Waals surface area contributed by atoms with Crippen molar-refractivity contribution in [1.82, 2.24) is 10.0 Å². The fourth-order valence-electron chi connectivity index (χ4n) is 5.28. The molecule has 5 rings (SSSR count). The van der Waals surface area contributed by atoms with Gasteiger partial charge >= 0.3 is 11.8 Å². The van der Waals surface area contributed by atoms with Crippen molar-refractivity contribution < 1.29 is 50.5 Å². The Morgan fingerprint density at radius 2 is 1.57 bits per heavy atom. The molecule has 0 spiro atoms. The number of carbonyl (C=O) groups is 5. The van der Waals surface area contributed by atoms with Crippen molar-refractivity contribution in [1.29, 1.82) is 0 Å². The maximum absolute atomic E-state index is 14.1. The fourth-order valence-corrected chi connectivity index (χ4v) is 5.69. The number of ether oxygens (including phenoxy) is 1. The van der Waals surface area contributed by atoms with E-state index in [1.807, 2.05) is 22.9 Å². The molecular weight excluding hydrogens is 672 g/mol. The zero-order valence-electron chi connectivity index (χ0n) is 25.4. The summed E-state index contributed by atoms with van der Waals surface area (Å²) in [5, 5.41) is 6.45. The number of hydrogen-bond acceptors (Lipinski definition) is 7. The van der Waals surface area contributed by atoms with E-state index in [-0.39, 0.29) is 18.3 Å². The summed E-state index contributed by atoms with van der Waals surface area (Å²) >= 11 is 0. The number of hydrogen-bond donors (Lipinski definition) is 3. The van der Waals surface area contributed by atoms with Crippen LogP contribution < -0.4 is 25.0 Å². The minimum atomic E-state index is -1.91. The Morgan fingerprint density at radius 3 is 2.29 bits per heavy atom. The summed E-state index contributed by atoms with van der Waals surface area (Å²) in [6.45, 7) is -1.60. The van der Waals surface area contributed by atoms with Gasteiger partial charge in [0.15, 0.2) is 23.2 Å². The predicted molar refractivity (Wildman–Crippen MR) is 170 cm³/mol. The van der Waals surface area contributed by atoms with Gasteiger partial charge in [-0.25, -0.2) is 13.0 Å². The predicted octanol–water partition coefficient (Wildman–Crippen LogP) is 3.40. The van der Waals surface area contributed by atoms with E-state index in [4.69, 9.17) is 4.74 Å². The highest BCUT2D eigenvalue weighted by molar-refractivity contribution is 7.82. The second kappa shape index (κ2) is 14.6. The van der Waals surface area contributed by atoms with Crippen LogP contribution in [0.5, 0.6) is 5.75 Å². The first-order chi connectivity index (χ1) is 23.3. The highest BCUT2D eigenvalue weighted by atomic mass is 32.2. The second-order valence-corrected chi connectivity index (χ2v) is 11.9. The quantitative estimate of drug-likeness (QED) is 0.131. The van der Waals surface area contributed by atoms with Crippen LogP contribution in [0.15, 0.2) is 72.8 Å². The van der Waals surface area contributed by atoms with Gasteiger partial charge in [0.05, 0.1) is 18.4 Å². The number of nitrogens with one attached hydrogen (secondary N) is 3. The Morgan fingerprint density at radius 1 is 0.918 bits per heavy atom. The van der Waals surface area contributed by atoms with Gasteiger partial charge < -0.3 is 20.3 Å². The van der Waals surface area contributed by atoms with Gasteiger partial charge in [-0.1, -0.05) is 54.6 Å². The van der Waals surface area contributed by atoms with E-state index in [1.54, 1.807) is 36.4 Å². The molecule has 1 heterocycles. The number of rotatable bonds is 10. The van der Waals surface area contributed by atoms with E-state index < -0.39 is 94.4 Å². The second-order valence-electron chi connectivity index (χ2n) is 10.8. The van der Waals surface area contributed by atoms with Crippen LogP contribution in [0.1, 0.15) is 17.9 Å². The average Bonchev–Trinajstić information content (AvgIpc) is 3.46. The van der Waals surface area contributed by atoms with Gasteiger partial charge in [-0.05, 0) is 23.1 Å². The number of anilines is 2. The van der Waals surface area contributed by atoms with Crippen LogP contribution in [0.3, 0.4) is 0 Å². The molecule has 0 fully saturated rings. The summed E-state index contributed by atoms with van der Waals surface area (Å²) in [6.07, 6.45) is 0.304. The van der Waals surface area contributed by atoms with E-state index in [0.29, 0.717) is 16.6 Å². The number of benzene rings is 4. The van der Waals surface area contributed by atoms with Crippen LogP contribution in [0.2, 0.25) is 0 Å². The molecule has 4 aromatic rings. The standard InChI is InChI=1S/C33H26F4N4O7S/c1-49(47)40-27(43)14-24(26(42)16-48-30-28(36)21(34)13-22(35)29(30)37)39-31(44)20-15-41(25-12-5-4-10-19(20)25)33(46)32(45)38-23-11-6-8-17-7-2-3-9-18(17)23/h2-13,20,24H,14-16H2,1H3,(H,38,45)(H,39,44)(H,40,43). The van der Waals surface area contributed by atoms with Crippen LogP contribution in [0, 0.1) is 23.3 Å². The van der Waals surface area contributed by atoms with Crippen LogP contribution >= 0.6 is 0 Å². The number of nitrogens with zero attached hydrogens (tertiary/aromatic N) is 1. The van der Waals surface area contributed by atoms with Gasteiger partial charge in [-0.2, -0.15) is 8.78 Å². The van der Waals surface area contributed by atoms with Gasteiger partial charge in [-0.15, -0.1) is 0 Å². The minimum Gasteiger partial charge on any atom is -0.479 e. The number of ketones is 1. The van der Waals surface area contributed by atoms with Crippen LogP contribution in [-0.2, 0) is 35.0 Å². The lowest BCUT2D eigenvalue weighted by molar-refractivity contribution is -0.134. The first-order valence-electron chi connectivity index (χ1n) is 14.5. The molecule has 1 aliphatic heterocycles. The van der Waals surface area contributed by atoms with E-state index >= 15 is 0 Å². The molecule has 49 heavy (non-hydrogen) atoms. The molecule has 0 bridgehead atoms. The molecule has 254 valence electrons. The largest absolute Gasteiger partial charge is 0.479 e. The molecular formula is C33H26F4N4O7S. The lowest BCUT2D eigenvalue weighted by atomic mass is 9.99. The first kappa shape index (κ1) is 34.7. The Bertz CT molecular complexity index is 2000. The van der Waals surface area contributed by atoms with Gasteiger partial charge in [0.25, 0.3) is 0 Å². The summed E-state index contributed by atoms with van der Waals surface area (Å²) < 4.78 is 73.8. The summed E-state index contributed by atoms with van der Waals surface area (Å²) in [5.41, 5.74) is 0.909. The molecule has 4 aromatic carbocycles. The maximum atomic E-state index is 14.1. The van der Waals surface area contributed by atoms with Gasteiger partial charge in [0.1, 0.15) is 17.6 Å². The monoisotopic (exact) mass is 698 g/mol. The van der Waals surface area contributed by atoms with Crippen molar-refractivity contribution in [3.05, 3.63) is 102 Å². The van der Waals surface area contributed by atoms with Crippen LogP contribution in [0.4, 0.5) is 28.9 Å². The van der Waals surface area contributed by atoms with E-state index in [1.165, 1.54) is 12.1 Å². The van der Waals surface area contributed by atoms with Gasteiger partial charge in [0, 0.05) is 35.6 Å². The van der Waals surface area contributed by atoms with Crippen molar-refractivity contribution >= 4 is 62.5 Å². The zero-order valence-corrected chi connectivity index (χ0v) is 26.2. The molecule has 0 saturated carbocycles. The smallest absolute Gasteiger partial charge is 0.316 e. The molecule has 16 heteroatoms. The van der Waals surface area contributed by atoms with Gasteiger partial charge in [-0.3, -0.25) is 28.7 Å². The Kier molecular flexibility index (Phi) is 10.4. The number of carbonyl (C=O) groups excluding carboxylic acids is 5. The third kappa shape index (κ3) is 7.59. The maximum Gasteiger partial charge on any atom is 0.316 e. The lowest BCUT2D eigenvalue weighted by Gasteiger charge is -2.21. The van der Waals surface area contributed by atoms with E-state index in [0.717, 1.165) is 16.5 Å². The molecule has 11 nitrogen and oxygen atoms in total. The molecule has 4 amide bonds. The zero-order chi connectivity index (χ0) is 35.4. The highest BCUT2D eigenvalue weighted by Gasteiger charge is 2.40. The lowest BCUT2D eigenvalue weighted by Crippen LogP contribution is -2.48. The molecule has 3 unspecified atom stereocenters. The highest BCUT2D eigenvalue weighted by Crippen LogP contribution is 2.37. The number of Topliss-reactive ketones (excluding diaryl/α,β-unsaturated/α-hetero) is 1. The topological polar surface area (TPSA) is 151 Å². The molecule has 0 aliphatic carbocycles. The minimum absolute atomic E-state index is 0.0572. The first-order valence-corrected chi connectivity index (χ1v) is 16.0. The number of halogens is 4. The SMILES string of the molecule is CS(=O)NC(=O)CC(NC(=O)C1CN(C(=O)C(=O)Nc2cccc3ccccc23)c2ccccc21)C(=O)COc1c(F)c(F)cc(F)c1F. The Balaban J connectivity index is 1.34. The normalized spacial score (nSPS) is 14.8. The Labute approximate surface area is 278 Å². The summed E-state index contributed by atoms with van der Waals surface area (Å²) in [6, 6.07) is 16.7. The summed E-state index contributed by atoms with van der Waals surface area (Å²) in [4.78, 5) is 66.8. The molecule has 3 N–H and O–H groups in total. The van der Waals surface area contributed by atoms with Crippen molar-refractivity contribution in [3.8, 4) is 5.75 Å². The fraction of sp³-hybridized carbons (Fsp3) is 0.182. The van der Waals surface area contributed by atoms with Crippen molar-refractivity contribution in [2.45, 2.75) is 18.4 Å². The van der Waals surface area contributed by atoms with Crippen LogP contribution in [-0.4, -0.2) is 59.1 Å². The average molecular weight is 699 g/mol. The number of para-hydroxylation sites is 1. The van der Waals surface area contributed by atoms with Crippen molar-refractivity contribution in [3.63, 3.8) is 0 Å². The van der Waals surface area contributed by atoms with E-state index in [2.05, 4.69) is 10.6 Å². The summed E-state index contributed by atoms with van der Waals surface area (Å²) in [7, 11) is -1.87. The third-order valence-electron chi connectivity index (χ3n) is 7.54. The summed E-state index contributed by atoms with van der Waals surface area (Å²) in [5.74, 6) is -15.1. The van der Waals surface area contributed by atoms with Crippen molar-refractivity contribution in [2.75, 3.05) is 29.6 Å². The molecule has 0 radical (unpaired) electrons. The molecule has 0 saturated heterocycles. The molecule has 3 atom stereocenters. The van der Waals surface area contributed by atoms with Gasteiger partial charge in [0.2, 0.25) is 23.4 Å². The number of fused-ring (bicyclic) bond motifs is 2. The number of amides is 4. The third-order valence-corrected chi connectivity index (χ3v) is 8.06. The van der Waals surface area contributed by atoms with E-state index in [9.17, 15) is 45.7 Å².